The zero-order chi connectivity index (χ0) is 6.83. The van der Waals surface area contributed by atoms with Gasteiger partial charge in [0.05, 0.1) is 0 Å². The quantitative estimate of drug-likeness (QED) is 0.600. The van der Waals surface area contributed by atoms with Crippen molar-refractivity contribution in [2.45, 2.75) is 26.7 Å². The summed E-state index contributed by atoms with van der Waals surface area (Å²) in [4.78, 5) is 0. The molecule has 0 bridgehead atoms. The van der Waals surface area contributed by atoms with Gasteiger partial charge < -0.3 is 10.2 Å². The number of hydrogen-bond acceptors (Lipinski definition) is 2. The van der Waals surface area contributed by atoms with Gasteiger partial charge in [-0.2, -0.15) is 0 Å². The Hall–Kier alpha value is 1.67. The first-order valence-electron chi connectivity index (χ1n) is 2.99. The smallest absolute Gasteiger partial charge is 0.854 e. The van der Waals surface area contributed by atoms with Crippen LogP contribution in [0.3, 0.4) is 0 Å². The minimum atomic E-state index is 0. The van der Waals surface area contributed by atoms with Crippen molar-refractivity contribution >= 4 is 0 Å². The number of hydrogen-bond donors (Lipinski definition) is 0. The monoisotopic (exact) mass is 388 g/mol. The van der Waals surface area contributed by atoms with E-state index in [2.05, 4.69) is 0 Å². The molecule has 52 valence electrons. The van der Waals surface area contributed by atoms with Crippen LogP contribution in [0.1, 0.15) is 26.7 Å². The zero-order valence-electron chi connectivity index (χ0n) is 6.64. The van der Waals surface area contributed by atoms with E-state index in [0.717, 1.165) is 12.8 Å². The van der Waals surface area contributed by atoms with Crippen LogP contribution in [0.15, 0.2) is 0 Å². The van der Waals surface area contributed by atoms with Gasteiger partial charge in [-0.3, -0.25) is 0 Å². The number of rotatable bonds is 2. The van der Waals surface area contributed by atoms with Crippen LogP contribution >= 0.6 is 0 Å². The molecule has 0 amide bonds. The van der Waals surface area contributed by atoms with Crippen LogP contribution in [0, 0.1) is 0 Å². The molecule has 0 aromatic heterocycles. The Morgan fingerprint density at radius 2 is 1.00 bits per heavy atom. The fraction of sp³-hybridized carbons (Fsp3) is 1.00. The third-order valence-corrected chi connectivity index (χ3v) is 0.408. The largest absolute Gasteiger partial charge is 4.00 e. The van der Waals surface area contributed by atoms with Crippen LogP contribution < -0.4 is 10.2 Å². The van der Waals surface area contributed by atoms with Crippen LogP contribution in [-0.2, 0) is 52.0 Å². The van der Waals surface area contributed by atoms with E-state index in [9.17, 15) is 10.2 Å². The molecule has 0 rings (SSSR count). The van der Waals surface area contributed by atoms with E-state index in [1.807, 2.05) is 13.8 Å². The Bertz CT molecular complexity index is 23.7. The van der Waals surface area contributed by atoms with E-state index in [4.69, 9.17) is 0 Å². The molecule has 0 heterocycles. The molecule has 0 N–H and O–H groups in total. The molecule has 0 aromatic rings. The van der Waals surface area contributed by atoms with Crippen molar-refractivity contribution in [3.8, 4) is 0 Å². The first kappa shape index (κ1) is 22.6. The zero-order valence-corrected chi connectivity index (χ0v) is 12.7. The maximum absolute atomic E-state index is 9.30. The fourth-order valence-corrected chi connectivity index (χ4v) is 0. The summed E-state index contributed by atoms with van der Waals surface area (Å²) < 4.78 is 0. The Balaban J connectivity index is -0.0000000300. The molecule has 0 fully saturated rings. The topological polar surface area (TPSA) is 46.1 Å². The van der Waals surface area contributed by atoms with Gasteiger partial charge in [0.15, 0.2) is 0 Å². The fourth-order valence-electron chi connectivity index (χ4n) is 0. The van der Waals surface area contributed by atoms with Gasteiger partial charge in [-0.15, -0.1) is 13.2 Å². The predicted octanol–water partition coefficient (Wildman–Crippen LogP) is -0.492. The van der Waals surface area contributed by atoms with Crippen LogP contribution in [0.4, 0.5) is 0 Å². The minimum absolute atomic E-state index is 0. The molecule has 0 saturated carbocycles. The molecular formula is C6H14HfO2Zr+6. The van der Waals surface area contributed by atoms with Crippen molar-refractivity contribution < 1.29 is 62.3 Å². The Kier molecular flexibility index (Phi) is 70.1. The predicted molar refractivity (Wildman–Crippen MR) is 30.3 cm³/mol. The van der Waals surface area contributed by atoms with Crippen LogP contribution in [-0.4, -0.2) is 13.2 Å². The molecule has 0 unspecified atom stereocenters. The van der Waals surface area contributed by atoms with Crippen LogP contribution in [0.5, 0.6) is 0 Å². The van der Waals surface area contributed by atoms with Gasteiger partial charge in [0.1, 0.15) is 0 Å². The summed E-state index contributed by atoms with van der Waals surface area (Å²) in [7, 11) is 0. The molecule has 0 atom stereocenters. The summed E-state index contributed by atoms with van der Waals surface area (Å²) >= 11 is 0. The standard InChI is InChI=1S/2C3H7O.Hf.Zr/c2*1-2-3-4;;/h2*2-3H2,1H3;;/q2*-1;2*+4. The third-order valence-electron chi connectivity index (χ3n) is 0.408. The van der Waals surface area contributed by atoms with Gasteiger partial charge in [-0.25, -0.2) is 0 Å². The van der Waals surface area contributed by atoms with Crippen molar-refractivity contribution in [3.63, 3.8) is 0 Å². The Morgan fingerprint density at radius 1 is 0.900 bits per heavy atom. The van der Waals surface area contributed by atoms with Gasteiger partial charge >= 0.3 is 52.0 Å². The third kappa shape index (κ3) is 53.9. The van der Waals surface area contributed by atoms with Crippen molar-refractivity contribution in [2.24, 2.45) is 0 Å². The first-order chi connectivity index (χ1) is 3.83. The molecule has 0 aliphatic heterocycles. The van der Waals surface area contributed by atoms with E-state index in [-0.39, 0.29) is 65.3 Å². The van der Waals surface area contributed by atoms with Gasteiger partial charge in [0, 0.05) is 0 Å². The van der Waals surface area contributed by atoms with E-state index in [1.165, 1.54) is 0 Å². The normalized spacial score (nSPS) is 6.00. The molecule has 2 nitrogen and oxygen atoms in total. The van der Waals surface area contributed by atoms with Crippen molar-refractivity contribution in [1.29, 1.82) is 0 Å². The Labute approximate surface area is 101 Å². The van der Waals surface area contributed by atoms with E-state index < -0.39 is 0 Å². The second-order valence-corrected chi connectivity index (χ2v) is 1.41. The second kappa shape index (κ2) is 31.0. The van der Waals surface area contributed by atoms with Crippen LogP contribution in [0.25, 0.3) is 0 Å². The average Bonchev–Trinajstić information content (AvgIpc) is 1.88. The first-order valence-corrected chi connectivity index (χ1v) is 2.99. The molecule has 0 spiro atoms. The molecule has 0 aliphatic rings. The molecule has 4 heteroatoms. The second-order valence-electron chi connectivity index (χ2n) is 1.41. The molecule has 0 saturated heterocycles. The minimum Gasteiger partial charge on any atom is -0.854 e. The van der Waals surface area contributed by atoms with Gasteiger partial charge in [-0.05, 0) is 0 Å². The van der Waals surface area contributed by atoms with Gasteiger partial charge in [-0.1, -0.05) is 26.7 Å². The van der Waals surface area contributed by atoms with Gasteiger partial charge in [0.2, 0.25) is 0 Å². The maximum atomic E-state index is 9.30. The van der Waals surface area contributed by atoms with E-state index >= 15 is 0 Å². The SMILES string of the molecule is CCC[O-].CCC[O-].[Hf+4].[Zr+4]. The average molecular weight is 388 g/mol. The van der Waals surface area contributed by atoms with Crippen molar-refractivity contribution in [2.75, 3.05) is 13.2 Å². The van der Waals surface area contributed by atoms with Crippen LogP contribution in [0.2, 0.25) is 0 Å². The molecule has 0 aromatic carbocycles. The summed E-state index contributed by atoms with van der Waals surface area (Å²) in [5, 5.41) is 18.6. The molecule has 0 aliphatic carbocycles. The van der Waals surface area contributed by atoms with Crippen molar-refractivity contribution in [1.82, 2.24) is 0 Å². The molecular weight excluding hydrogens is 374 g/mol. The van der Waals surface area contributed by atoms with E-state index in [1.54, 1.807) is 0 Å². The summed E-state index contributed by atoms with van der Waals surface area (Å²) in [6.07, 6.45) is 1.53. The summed E-state index contributed by atoms with van der Waals surface area (Å²) in [5.41, 5.74) is 0. The molecule has 10 heavy (non-hydrogen) atoms. The van der Waals surface area contributed by atoms with E-state index in [0.29, 0.717) is 0 Å². The maximum Gasteiger partial charge on any atom is 4.00 e. The summed E-state index contributed by atoms with van der Waals surface area (Å²) in [6, 6.07) is 0. The van der Waals surface area contributed by atoms with Gasteiger partial charge in [0.25, 0.3) is 0 Å². The summed E-state index contributed by atoms with van der Waals surface area (Å²) in [6.45, 7) is 3.88. The Morgan fingerprint density at radius 3 is 1.00 bits per heavy atom. The van der Waals surface area contributed by atoms with Crippen molar-refractivity contribution in [3.05, 3.63) is 0 Å². The molecule has 0 radical (unpaired) electrons. The summed E-state index contributed by atoms with van der Waals surface area (Å²) in [5.74, 6) is 0.